The van der Waals surface area contributed by atoms with Gasteiger partial charge >= 0.3 is 11.9 Å². The number of aromatic carboxylic acids is 2. The maximum Gasteiger partial charge on any atom is 0.337 e. The molecule has 41 heavy (non-hydrogen) atoms. The van der Waals surface area contributed by atoms with Gasteiger partial charge in [0, 0.05) is 0 Å². The Kier molecular flexibility index (Phi) is 5.85. The first-order chi connectivity index (χ1) is 19.9. The summed E-state index contributed by atoms with van der Waals surface area (Å²) in [7, 11) is 0. The number of anilines is 8. The van der Waals surface area contributed by atoms with Crippen molar-refractivity contribution >= 4 is 57.4 Å². The molecule has 0 aromatic heterocycles. The summed E-state index contributed by atoms with van der Waals surface area (Å²) >= 11 is 0. The smallest absolute Gasteiger partial charge is 0.337 e. The highest BCUT2D eigenvalue weighted by molar-refractivity contribution is 6.04. The van der Waals surface area contributed by atoms with Gasteiger partial charge in [-0.1, -0.05) is 30.3 Å². The second-order valence-electron chi connectivity index (χ2n) is 11.3. The van der Waals surface area contributed by atoms with E-state index in [0.29, 0.717) is 50.9 Å². The standard InChI is InChI=1S/C33H30N4O4/c38-31(39)21-5-3-9-26-29(21)36-25-14-11-19(18-33(15-16-33)20-12-13-20)17-28(25)37-30-22(32(40)41)6-4-10-27(30)35-24-8-2-1-7-23(24)34-26/h1-11,14,17,20,34-37H,12-13,15-16,18H2,(H,38,39)(H,40,41). The van der Waals surface area contributed by atoms with Crippen LogP contribution in [0.2, 0.25) is 0 Å². The summed E-state index contributed by atoms with van der Waals surface area (Å²) in [4.78, 5) is 24.7. The molecule has 0 spiro atoms. The van der Waals surface area contributed by atoms with Gasteiger partial charge in [-0.25, -0.2) is 9.59 Å². The summed E-state index contributed by atoms with van der Waals surface area (Å²) in [6, 6.07) is 23.9. The molecule has 0 amide bonds. The van der Waals surface area contributed by atoms with Gasteiger partial charge < -0.3 is 31.5 Å². The molecule has 2 aliphatic carbocycles. The van der Waals surface area contributed by atoms with Crippen LogP contribution < -0.4 is 21.3 Å². The van der Waals surface area contributed by atoms with E-state index in [1.165, 1.54) is 31.2 Å². The van der Waals surface area contributed by atoms with Gasteiger partial charge in [-0.2, -0.15) is 0 Å². The second kappa shape index (κ2) is 9.59. The Labute approximate surface area is 237 Å². The van der Waals surface area contributed by atoms with Crippen molar-refractivity contribution in [2.24, 2.45) is 11.3 Å². The maximum atomic E-state index is 12.4. The highest BCUT2D eigenvalue weighted by Crippen LogP contribution is 2.63. The molecule has 0 unspecified atom stereocenters. The van der Waals surface area contributed by atoms with Gasteiger partial charge in [-0.05, 0) is 97.5 Å². The number of carbonyl (C=O) groups is 2. The molecule has 0 atom stereocenters. The highest BCUT2D eigenvalue weighted by Gasteiger charge is 2.53. The Hall–Kier alpha value is -4.98. The minimum Gasteiger partial charge on any atom is -0.478 e. The number of carboxylic acids is 2. The lowest BCUT2D eigenvalue weighted by molar-refractivity contribution is 0.0687. The number of fused-ring (bicyclic) bond motifs is 4. The molecular formula is C33H30N4O4. The van der Waals surface area contributed by atoms with Gasteiger partial charge in [-0.3, -0.25) is 0 Å². The predicted octanol–water partition coefficient (Wildman–Crippen LogP) is 8.10. The number of nitrogens with one attached hydrogen (secondary N) is 4. The maximum absolute atomic E-state index is 12.4. The van der Waals surface area contributed by atoms with Crippen LogP contribution in [0.4, 0.5) is 45.5 Å². The van der Waals surface area contributed by atoms with E-state index in [1.807, 2.05) is 42.5 Å². The zero-order chi connectivity index (χ0) is 28.1. The fourth-order valence-corrected chi connectivity index (χ4v) is 6.11. The zero-order valence-corrected chi connectivity index (χ0v) is 22.3. The van der Waals surface area contributed by atoms with Crippen molar-refractivity contribution in [1.29, 1.82) is 0 Å². The molecular weight excluding hydrogens is 516 g/mol. The van der Waals surface area contributed by atoms with Gasteiger partial charge in [-0.15, -0.1) is 0 Å². The van der Waals surface area contributed by atoms with E-state index in [-0.39, 0.29) is 11.1 Å². The number of hydrogen-bond donors (Lipinski definition) is 6. The number of hydrogen-bond acceptors (Lipinski definition) is 6. The van der Waals surface area contributed by atoms with E-state index < -0.39 is 11.9 Å². The number of para-hydroxylation sites is 4. The average molecular weight is 547 g/mol. The summed E-state index contributed by atoms with van der Waals surface area (Å²) < 4.78 is 0. The van der Waals surface area contributed by atoms with Gasteiger partial charge in [0.15, 0.2) is 0 Å². The van der Waals surface area contributed by atoms with Crippen LogP contribution in [0.1, 0.15) is 52.0 Å². The normalized spacial score (nSPS) is 16.3. The predicted molar refractivity (Wildman–Crippen MR) is 161 cm³/mol. The second-order valence-corrected chi connectivity index (χ2v) is 11.3. The van der Waals surface area contributed by atoms with Crippen LogP contribution in [0.15, 0.2) is 78.9 Å². The molecule has 1 aliphatic heterocycles. The topological polar surface area (TPSA) is 123 Å². The third kappa shape index (κ3) is 4.71. The molecule has 0 saturated heterocycles. The van der Waals surface area contributed by atoms with E-state index in [1.54, 1.807) is 24.3 Å². The Balaban J connectivity index is 1.42. The Morgan fingerprint density at radius 1 is 0.634 bits per heavy atom. The van der Waals surface area contributed by atoms with Gasteiger partial charge in [0.2, 0.25) is 0 Å². The molecule has 0 radical (unpaired) electrons. The number of benzene rings is 4. The third-order valence-electron chi connectivity index (χ3n) is 8.55. The van der Waals surface area contributed by atoms with Crippen LogP contribution in [0.25, 0.3) is 0 Å². The fourth-order valence-electron chi connectivity index (χ4n) is 6.11. The third-order valence-corrected chi connectivity index (χ3v) is 8.55. The molecule has 206 valence electrons. The van der Waals surface area contributed by atoms with Crippen molar-refractivity contribution in [3.8, 4) is 0 Å². The largest absolute Gasteiger partial charge is 0.478 e. The zero-order valence-electron chi connectivity index (χ0n) is 22.3. The van der Waals surface area contributed by atoms with Crippen LogP contribution in [-0.2, 0) is 6.42 Å². The van der Waals surface area contributed by atoms with Gasteiger partial charge in [0.1, 0.15) is 0 Å². The lowest BCUT2D eigenvalue weighted by Crippen LogP contribution is -2.12. The quantitative estimate of drug-likeness (QED) is 0.131. The molecule has 3 aliphatic rings. The summed E-state index contributed by atoms with van der Waals surface area (Å²) in [5.41, 5.74) is 6.55. The van der Waals surface area contributed by atoms with Crippen LogP contribution >= 0.6 is 0 Å². The summed E-state index contributed by atoms with van der Waals surface area (Å²) in [5.74, 6) is -1.31. The lowest BCUT2D eigenvalue weighted by atomic mass is 9.91. The number of rotatable bonds is 5. The Morgan fingerprint density at radius 2 is 1.15 bits per heavy atom. The van der Waals surface area contributed by atoms with Crippen molar-refractivity contribution in [3.63, 3.8) is 0 Å². The SMILES string of the molecule is O=C(O)c1cccc2c1Nc1ccc(CC3(C4CC4)CC3)cc1Nc1c(cccc1C(=O)O)Nc1ccccc1N2. The first kappa shape index (κ1) is 25.0. The van der Waals surface area contributed by atoms with E-state index >= 15 is 0 Å². The van der Waals surface area contributed by atoms with Crippen LogP contribution in [-0.4, -0.2) is 22.2 Å². The highest BCUT2D eigenvalue weighted by atomic mass is 16.4. The van der Waals surface area contributed by atoms with E-state index in [0.717, 1.165) is 12.3 Å². The van der Waals surface area contributed by atoms with Crippen LogP contribution in [0, 0.1) is 11.3 Å². The minimum absolute atomic E-state index is 0.116. The van der Waals surface area contributed by atoms with Crippen molar-refractivity contribution in [2.45, 2.75) is 32.1 Å². The van der Waals surface area contributed by atoms with Gasteiger partial charge in [0.05, 0.1) is 56.6 Å². The molecule has 0 bridgehead atoms. The molecule has 8 heteroatoms. The monoisotopic (exact) mass is 546 g/mol. The molecule has 4 aromatic rings. The van der Waals surface area contributed by atoms with Crippen LogP contribution in [0.3, 0.4) is 0 Å². The molecule has 2 saturated carbocycles. The first-order valence-electron chi connectivity index (χ1n) is 13.9. The number of carboxylic acid groups (broad SMARTS) is 2. The molecule has 8 nitrogen and oxygen atoms in total. The fraction of sp³-hybridized carbons (Fsp3) is 0.212. The molecule has 1 heterocycles. The first-order valence-corrected chi connectivity index (χ1v) is 13.9. The minimum atomic E-state index is -1.06. The van der Waals surface area contributed by atoms with Crippen molar-refractivity contribution < 1.29 is 19.8 Å². The van der Waals surface area contributed by atoms with E-state index in [9.17, 15) is 19.8 Å². The summed E-state index contributed by atoms with van der Waals surface area (Å²) in [5, 5.41) is 33.8. The lowest BCUT2D eigenvalue weighted by Gasteiger charge is -2.24. The van der Waals surface area contributed by atoms with Crippen molar-refractivity contribution in [2.75, 3.05) is 21.3 Å². The molecule has 6 N–H and O–H groups in total. The van der Waals surface area contributed by atoms with E-state index in [4.69, 9.17) is 0 Å². The molecule has 7 rings (SSSR count). The summed E-state index contributed by atoms with van der Waals surface area (Å²) in [6.07, 6.45) is 6.07. The van der Waals surface area contributed by atoms with Crippen molar-refractivity contribution in [1.82, 2.24) is 0 Å². The van der Waals surface area contributed by atoms with Crippen LogP contribution in [0.5, 0.6) is 0 Å². The summed E-state index contributed by atoms with van der Waals surface area (Å²) in [6.45, 7) is 0. The molecule has 4 aromatic carbocycles. The average Bonchev–Trinajstić information content (AvgIpc) is 3.87. The molecule has 2 fully saturated rings. The van der Waals surface area contributed by atoms with E-state index in [2.05, 4.69) is 33.4 Å². The Bertz CT molecular complexity index is 1710. The Morgan fingerprint density at radius 3 is 1.66 bits per heavy atom. The van der Waals surface area contributed by atoms with Crippen molar-refractivity contribution in [3.05, 3.63) is 95.6 Å². The van der Waals surface area contributed by atoms with Gasteiger partial charge in [0.25, 0.3) is 0 Å².